The Morgan fingerprint density at radius 1 is 1.00 bits per heavy atom. The first-order chi connectivity index (χ1) is 16.0. The molecule has 0 saturated heterocycles. The maximum Gasteiger partial charge on any atom is 0.330 e. The molecule has 4 aromatic rings. The van der Waals surface area contributed by atoms with Gasteiger partial charge >= 0.3 is 5.97 Å². The van der Waals surface area contributed by atoms with Gasteiger partial charge in [0.2, 0.25) is 0 Å². The lowest BCUT2D eigenvalue weighted by Crippen LogP contribution is -1.95. The summed E-state index contributed by atoms with van der Waals surface area (Å²) in [6.07, 6.45) is 2.45. The predicted octanol–water partition coefficient (Wildman–Crippen LogP) is 6.61. The Morgan fingerprint density at radius 3 is 2.42 bits per heavy atom. The molecule has 33 heavy (non-hydrogen) atoms. The number of hydrogen-bond acceptors (Lipinski definition) is 6. The zero-order chi connectivity index (χ0) is 23.4. The number of esters is 1. The standard InChI is InChI=1S/C27H24O5S/c1-17(28)21-6-4-5-7-22(21)27-26(23-14-13-20(30-2)16-24(23)33-27)32-19-11-8-18(9-12-19)10-15-25(29)31-3/h4-17,28H,1-3H3/t17-/m1/s1. The minimum Gasteiger partial charge on any atom is -0.497 e. The Balaban J connectivity index is 1.77. The highest BCUT2D eigenvalue weighted by Gasteiger charge is 2.20. The Labute approximate surface area is 196 Å². The molecule has 0 aliphatic carbocycles. The number of hydrogen-bond donors (Lipinski definition) is 1. The number of fused-ring (bicyclic) bond motifs is 1. The number of methoxy groups -OCH3 is 2. The van der Waals surface area contributed by atoms with E-state index >= 15 is 0 Å². The predicted molar refractivity (Wildman–Crippen MR) is 132 cm³/mol. The van der Waals surface area contributed by atoms with Crippen LogP contribution in [-0.4, -0.2) is 25.3 Å². The summed E-state index contributed by atoms with van der Waals surface area (Å²) in [6.45, 7) is 1.76. The molecule has 0 unspecified atom stereocenters. The summed E-state index contributed by atoms with van der Waals surface area (Å²) in [5, 5.41) is 11.3. The highest BCUT2D eigenvalue weighted by molar-refractivity contribution is 7.22. The van der Waals surface area contributed by atoms with Gasteiger partial charge in [-0.05, 0) is 54.5 Å². The molecule has 0 spiro atoms. The van der Waals surface area contributed by atoms with Crippen LogP contribution >= 0.6 is 11.3 Å². The number of aliphatic hydroxyl groups excluding tert-OH is 1. The van der Waals surface area contributed by atoms with Gasteiger partial charge in [0.25, 0.3) is 0 Å². The van der Waals surface area contributed by atoms with Gasteiger partial charge in [-0.1, -0.05) is 36.4 Å². The van der Waals surface area contributed by atoms with Crippen molar-refractivity contribution in [2.45, 2.75) is 13.0 Å². The molecule has 0 bridgehead atoms. The van der Waals surface area contributed by atoms with Crippen molar-refractivity contribution in [3.8, 4) is 27.7 Å². The molecular weight excluding hydrogens is 436 g/mol. The van der Waals surface area contributed by atoms with Crippen molar-refractivity contribution in [2.75, 3.05) is 14.2 Å². The minimum absolute atomic E-state index is 0.406. The molecule has 5 nitrogen and oxygen atoms in total. The van der Waals surface area contributed by atoms with Gasteiger partial charge in [-0.3, -0.25) is 0 Å². The first-order valence-electron chi connectivity index (χ1n) is 10.4. The van der Waals surface area contributed by atoms with Crippen LogP contribution in [0.3, 0.4) is 0 Å². The van der Waals surface area contributed by atoms with E-state index in [0.717, 1.165) is 43.2 Å². The van der Waals surface area contributed by atoms with Crippen LogP contribution in [0.15, 0.2) is 72.8 Å². The van der Waals surface area contributed by atoms with Crippen LogP contribution in [0, 0.1) is 0 Å². The topological polar surface area (TPSA) is 65.0 Å². The summed E-state index contributed by atoms with van der Waals surface area (Å²) in [6, 6.07) is 21.1. The summed E-state index contributed by atoms with van der Waals surface area (Å²) in [5.41, 5.74) is 2.62. The summed E-state index contributed by atoms with van der Waals surface area (Å²) in [4.78, 5) is 12.3. The fraction of sp³-hybridized carbons (Fsp3) is 0.148. The van der Waals surface area contributed by atoms with Crippen molar-refractivity contribution in [2.24, 2.45) is 0 Å². The van der Waals surface area contributed by atoms with Gasteiger partial charge in [-0.25, -0.2) is 4.79 Å². The quantitative estimate of drug-likeness (QED) is 0.248. The third-order valence-electron chi connectivity index (χ3n) is 5.22. The van der Waals surface area contributed by atoms with Gasteiger partial charge < -0.3 is 19.3 Å². The molecule has 4 rings (SSSR count). The van der Waals surface area contributed by atoms with E-state index in [4.69, 9.17) is 9.47 Å². The fourth-order valence-corrected chi connectivity index (χ4v) is 4.73. The Kier molecular flexibility index (Phi) is 6.77. The number of aliphatic hydroxyl groups is 1. The normalized spacial score (nSPS) is 12.1. The molecule has 0 fully saturated rings. The van der Waals surface area contributed by atoms with Crippen LogP contribution in [0.1, 0.15) is 24.2 Å². The Morgan fingerprint density at radius 2 is 1.73 bits per heavy atom. The lowest BCUT2D eigenvalue weighted by molar-refractivity contribution is -0.134. The maximum absolute atomic E-state index is 11.3. The number of ether oxygens (including phenoxy) is 3. The first-order valence-corrected chi connectivity index (χ1v) is 11.2. The zero-order valence-electron chi connectivity index (χ0n) is 18.6. The van der Waals surface area contributed by atoms with Crippen molar-refractivity contribution < 1.29 is 24.1 Å². The van der Waals surface area contributed by atoms with Crippen LogP contribution < -0.4 is 9.47 Å². The SMILES string of the molecule is COC(=O)C=Cc1ccc(Oc2c(-c3ccccc3[C@@H](C)O)sc3cc(OC)ccc23)cc1. The number of carbonyl (C=O) groups excluding carboxylic acids is 1. The summed E-state index contributed by atoms with van der Waals surface area (Å²) in [5.74, 6) is 1.75. The molecule has 1 N–H and O–H groups in total. The second-order valence-corrected chi connectivity index (χ2v) is 8.47. The largest absolute Gasteiger partial charge is 0.497 e. The molecule has 6 heteroatoms. The fourth-order valence-electron chi connectivity index (χ4n) is 3.52. The molecule has 0 saturated carbocycles. The van der Waals surface area contributed by atoms with E-state index in [1.165, 1.54) is 13.2 Å². The van der Waals surface area contributed by atoms with Gasteiger partial charge in [-0.15, -0.1) is 11.3 Å². The number of thiophene rings is 1. The van der Waals surface area contributed by atoms with Gasteiger partial charge in [0.05, 0.1) is 25.2 Å². The second-order valence-electron chi connectivity index (χ2n) is 7.41. The van der Waals surface area contributed by atoms with Crippen LogP contribution in [0.2, 0.25) is 0 Å². The van der Waals surface area contributed by atoms with Crippen molar-refractivity contribution in [1.82, 2.24) is 0 Å². The van der Waals surface area contributed by atoms with Crippen LogP contribution in [0.4, 0.5) is 0 Å². The van der Waals surface area contributed by atoms with Crippen molar-refractivity contribution in [3.63, 3.8) is 0 Å². The molecule has 0 radical (unpaired) electrons. The van der Waals surface area contributed by atoms with Crippen molar-refractivity contribution in [1.29, 1.82) is 0 Å². The molecule has 168 valence electrons. The third kappa shape index (κ3) is 4.92. The molecule has 0 amide bonds. The summed E-state index contributed by atoms with van der Waals surface area (Å²) < 4.78 is 17.5. The van der Waals surface area contributed by atoms with Crippen LogP contribution in [-0.2, 0) is 9.53 Å². The van der Waals surface area contributed by atoms with E-state index in [0.29, 0.717) is 5.75 Å². The maximum atomic E-state index is 11.3. The molecule has 1 aromatic heterocycles. The number of rotatable bonds is 7. The zero-order valence-corrected chi connectivity index (χ0v) is 19.4. The van der Waals surface area contributed by atoms with Crippen LogP contribution in [0.25, 0.3) is 26.6 Å². The van der Waals surface area contributed by atoms with Gasteiger partial charge in [0.1, 0.15) is 11.5 Å². The van der Waals surface area contributed by atoms with Crippen molar-refractivity contribution >= 4 is 33.5 Å². The van der Waals surface area contributed by atoms with Gasteiger partial charge in [0.15, 0.2) is 5.75 Å². The molecule has 0 aliphatic rings. The number of benzene rings is 3. The smallest absolute Gasteiger partial charge is 0.330 e. The average Bonchev–Trinajstić information content (AvgIpc) is 3.20. The lowest BCUT2D eigenvalue weighted by Gasteiger charge is -2.13. The summed E-state index contributed by atoms with van der Waals surface area (Å²) >= 11 is 1.60. The van der Waals surface area contributed by atoms with E-state index < -0.39 is 12.1 Å². The molecule has 1 heterocycles. The van der Waals surface area contributed by atoms with Crippen molar-refractivity contribution in [3.05, 3.63) is 83.9 Å². The van der Waals surface area contributed by atoms with E-state index in [1.54, 1.807) is 31.4 Å². The van der Waals surface area contributed by atoms with Gasteiger partial charge in [-0.2, -0.15) is 0 Å². The van der Waals surface area contributed by atoms with E-state index in [1.807, 2.05) is 66.7 Å². The average molecular weight is 461 g/mol. The van der Waals surface area contributed by atoms with E-state index in [-0.39, 0.29) is 0 Å². The minimum atomic E-state index is -0.616. The third-order valence-corrected chi connectivity index (χ3v) is 6.39. The molecule has 0 aliphatic heterocycles. The molecule has 1 atom stereocenters. The summed E-state index contributed by atoms with van der Waals surface area (Å²) in [7, 11) is 2.99. The lowest BCUT2D eigenvalue weighted by atomic mass is 10.0. The Bertz CT molecular complexity index is 1300. The second kappa shape index (κ2) is 9.90. The van der Waals surface area contributed by atoms with Gasteiger partial charge in [0, 0.05) is 21.7 Å². The van der Waals surface area contributed by atoms with Crippen LogP contribution in [0.5, 0.6) is 17.2 Å². The van der Waals surface area contributed by atoms with E-state index in [9.17, 15) is 9.90 Å². The van der Waals surface area contributed by atoms with E-state index in [2.05, 4.69) is 4.74 Å². The first kappa shape index (κ1) is 22.6. The molecular formula is C27H24O5S. The highest BCUT2D eigenvalue weighted by Crippen LogP contribution is 2.48. The number of carbonyl (C=O) groups is 1. The molecule has 3 aromatic carbocycles. The Hall–Kier alpha value is -3.61. The monoisotopic (exact) mass is 460 g/mol. The highest BCUT2D eigenvalue weighted by atomic mass is 32.1.